The third kappa shape index (κ3) is 4.18. The third-order valence-electron chi connectivity index (χ3n) is 3.98. The van der Waals surface area contributed by atoms with Crippen LogP contribution in [0.5, 0.6) is 0 Å². The zero-order valence-corrected chi connectivity index (χ0v) is 16.9. The molecular weight excluding hydrogens is 388 g/mol. The van der Waals surface area contributed by atoms with E-state index in [1.54, 1.807) is 31.3 Å². The highest BCUT2D eigenvalue weighted by Gasteiger charge is 2.14. The summed E-state index contributed by atoms with van der Waals surface area (Å²) in [6.07, 6.45) is 2.71. The maximum atomic E-state index is 12.5. The smallest absolute Gasteiger partial charge is 0.297 e. The molecule has 0 aliphatic rings. The highest BCUT2D eigenvalue weighted by atomic mass is 32.2. The van der Waals surface area contributed by atoms with Crippen LogP contribution in [0.25, 0.3) is 10.2 Å². The number of nitrogens with zero attached hydrogens (tertiary/aromatic N) is 4. The Morgan fingerprint density at radius 3 is 2.74 bits per heavy atom. The van der Waals surface area contributed by atoms with Crippen LogP contribution in [0.4, 0.5) is 0 Å². The molecule has 0 atom stereocenters. The van der Waals surface area contributed by atoms with Crippen molar-refractivity contribution in [2.75, 3.05) is 19.5 Å². The molecule has 2 heterocycles. The molecule has 0 N–H and O–H groups in total. The van der Waals surface area contributed by atoms with Crippen LogP contribution < -0.4 is 4.80 Å². The second-order valence-electron chi connectivity index (χ2n) is 5.89. The quantitative estimate of drug-likeness (QED) is 0.578. The minimum absolute atomic E-state index is 0.234. The van der Waals surface area contributed by atoms with Gasteiger partial charge in [-0.3, -0.25) is 9.48 Å². The van der Waals surface area contributed by atoms with Crippen molar-refractivity contribution < 1.29 is 17.9 Å². The number of amides is 1. The summed E-state index contributed by atoms with van der Waals surface area (Å²) in [6.45, 7) is 3.46. The van der Waals surface area contributed by atoms with E-state index in [1.807, 2.05) is 11.5 Å². The molecule has 0 aliphatic carbocycles. The fraction of sp³-hybridized carbons (Fsp3) is 0.353. The van der Waals surface area contributed by atoms with Crippen LogP contribution in [0.15, 0.2) is 40.4 Å². The van der Waals surface area contributed by atoms with Gasteiger partial charge in [-0.05, 0) is 31.2 Å². The highest BCUT2D eigenvalue weighted by Crippen LogP contribution is 2.22. The number of aryl methyl sites for hydroxylation is 1. The van der Waals surface area contributed by atoms with Crippen molar-refractivity contribution in [1.82, 2.24) is 14.3 Å². The maximum absolute atomic E-state index is 12.5. The first-order chi connectivity index (χ1) is 12.8. The number of hydrogen-bond donors (Lipinski definition) is 0. The summed E-state index contributed by atoms with van der Waals surface area (Å²) < 4.78 is 33.2. The van der Waals surface area contributed by atoms with Crippen molar-refractivity contribution in [3.63, 3.8) is 0 Å². The summed E-state index contributed by atoms with van der Waals surface area (Å²) in [5.41, 5.74) is 1.18. The van der Waals surface area contributed by atoms with Crippen molar-refractivity contribution in [3.05, 3.63) is 41.0 Å². The van der Waals surface area contributed by atoms with Gasteiger partial charge in [-0.25, -0.2) is 8.42 Å². The first-order valence-corrected chi connectivity index (χ1v) is 11.0. The Hall–Kier alpha value is -2.30. The third-order valence-corrected chi connectivity index (χ3v) is 6.13. The van der Waals surface area contributed by atoms with Crippen molar-refractivity contribution >= 4 is 37.3 Å². The van der Waals surface area contributed by atoms with Crippen LogP contribution in [-0.2, 0) is 28.2 Å². The van der Waals surface area contributed by atoms with Crippen LogP contribution >= 0.6 is 11.3 Å². The Kier molecular flexibility index (Phi) is 5.59. The molecule has 0 fully saturated rings. The fourth-order valence-electron chi connectivity index (χ4n) is 2.61. The lowest BCUT2D eigenvalue weighted by molar-refractivity contribution is 0.0987. The minimum Gasteiger partial charge on any atom is -0.380 e. The van der Waals surface area contributed by atoms with Crippen molar-refractivity contribution in [1.29, 1.82) is 0 Å². The number of carbonyl (C=O) groups is 1. The van der Waals surface area contributed by atoms with Gasteiger partial charge in [0, 0.05) is 32.7 Å². The monoisotopic (exact) mass is 408 g/mol. The van der Waals surface area contributed by atoms with Crippen LogP contribution in [0, 0.1) is 0 Å². The van der Waals surface area contributed by atoms with Gasteiger partial charge < -0.3 is 9.30 Å². The lowest BCUT2D eigenvalue weighted by Gasteiger charge is -2.06. The predicted octanol–water partition coefficient (Wildman–Crippen LogP) is 1.62. The molecule has 0 unspecified atom stereocenters. The summed E-state index contributed by atoms with van der Waals surface area (Å²) in [7, 11) is -1.64. The summed E-state index contributed by atoms with van der Waals surface area (Å²) in [5, 5.41) is 3.99. The Bertz CT molecular complexity index is 1160. The Labute approximate surface area is 160 Å². The molecule has 1 aromatic carbocycles. The van der Waals surface area contributed by atoms with E-state index in [1.165, 1.54) is 28.5 Å². The molecule has 0 aliphatic heterocycles. The summed E-state index contributed by atoms with van der Waals surface area (Å²) in [4.78, 5) is 17.5. The zero-order chi connectivity index (χ0) is 19.6. The maximum Gasteiger partial charge on any atom is 0.297 e. The molecule has 144 valence electrons. The summed E-state index contributed by atoms with van der Waals surface area (Å²) in [5.74, 6) is -0.407. The number of aromatic nitrogens is 3. The van der Waals surface area contributed by atoms with Crippen LogP contribution in [0.1, 0.15) is 17.4 Å². The van der Waals surface area contributed by atoms with Crippen LogP contribution in [0.3, 0.4) is 0 Å². The Morgan fingerprint density at radius 1 is 1.33 bits per heavy atom. The molecular formula is C17H20N4O4S2. The van der Waals surface area contributed by atoms with E-state index in [4.69, 9.17) is 4.74 Å². The first-order valence-electron chi connectivity index (χ1n) is 8.29. The van der Waals surface area contributed by atoms with Crippen LogP contribution in [-0.4, -0.2) is 48.1 Å². The van der Waals surface area contributed by atoms with E-state index in [0.29, 0.717) is 30.3 Å². The van der Waals surface area contributed by atoms with E-state index in [2.05, 4.69) is 10.1 Å². The second kappa shape index (κ2) is 7.75. The Balaban J connectivity index is 2.14. The SMILES string of the molecule is CCOCCn1c(=NC(=O)c2ccnn2C)sc2cc(S(C)(=O)=O)ccc21. The summed E-state index contributed by atoms with van der Waals surface area (Å²) >= 11 is 1.27. The molecule has 0 bridgehead atoms. The largest absolute Gasteiger partial charge is 0.380 e. The summed E-state index contributed by atoms with van der Waals surface area (Å²) in [6, 6.07) is 6.52. The molecule has 0 spiro atoms. The number of sulfone groups is 1. The molecule has 10 heteroatoms. The molecule has 27 heavy (non-hydrogen) atoms. The van der Waals surface area contributed by atoms with E-state index in [-0.39, 0.29) is 4.90 Å². The number of rotatable bonds is 6. The number of benzene rings is 1. The van der Waals surface area contributed by atoms with Gasteiger partial charge in [-0.1, -0.05) is 11.3 Å². The molecule has 3 rings (SSSR count). The highest BCUT2D eigenvalue weighted by molar-refractivity contribution is 7.90. The molecule has 2 aromatic heterocycles. The van der Waals surface area contributed by atoms with Crippen molar-refractivity contribution in [2.24, 2.45) is 12.0 Å². The van der Waals surface area contributed by atoms with Gasteiger partial charge in [-0.2, -0.15) is 10.1 Å². The van der Waals surface area contributed by atoms with Gasteiger partial charge in [0.25, 0.3) is 5.91 Å². The topological polar surface area (TPSA) is 95.6 Å². The number of thiazole rings is 1. The number of ether oxygens (including phenoxy) is 1. The number of fused-ring (bicyclic) bond motifs is 1. The van der Waals surface area contributed by atoms with E-state index in [0.717, 1.165) is 10.2 Å². The standard InChI is InChI=1S/C17H20N4O4S2/c1-4-25-10-9-21-13-6-5-12(27(3,23)24)11-15(13)26-17(21)19-16(22)14-7-8-18-20(14)2/h5-8,11H,4,9-10H2,1-3H3. The van der Waals surface area contributed by atoms with Gasteiger partial charge in [-0.15, -0.1) is 0 Å². The first kappa shape index (κ1) is 19.5. The van der Waals surface area contributed by atoms with E-state index >= 15 is 0 Å². The van der Waals surface area contributed by atoms with Crippen LogP contribution in [0.2, 0.25) is 0 Å². The van der Waals surface area contributed by atoms with Gasteiger partial charge in [0.1, 0.15) is 5.69 Å². The molecule has 0 radical (unpaired) electrons. The van der Waals surface area contributed by atoms with Crippen molar-refractivity contribution in [2.45, 2.75) is 18.4 Å². The molecule has 3 aromatic rings. The predicted molar refractivity (Wildman–Crippen MR) is 103 cm³/mol. The number of hydrogen-bond acceptors (Lipinski definition) is 6. The van der Waals surface area contributed by atoms with E-state index < -0.39 is 15.7 Å². The minimum atomic E-state index is -3.32. The fourth-order valence-corrected chi connectivity index (χ4v) is 4.43. The average Bonchev–Trinajstić information content (AvgIpc) is 3.17. The van der Waals surface area contributed by atoms with Crippen molar-refractivity contribution in [3.8, 4) is 0 Å². The van der Waals surface area contributed by atoms with Gasteiger partial charge in [0.15, 0.2) is 14.6 Å². The van der Waals surface area contributed by atoms with E-state index in [9.17, 15) is 13.2 Å². The van der Waals surface area contributed by atoms with Gasteiger partial charge in [0.2, 0.25) is 0 Å². The molecule has 0 saturated carbocycles. The second-order valence-corrected chi connectivity index (χ2v) is 8.92. The molecule has 8 nitrogen and oxygen atoms in total. The van der Waals surface area contributed by atoms with Gasteiger partial charge in [0.05, 0.1) is 21.7 Å². The average molecular weight is 409 g/mol. The molecule has 1 amide bonds. The molecule has 0 saturated heterocycles. The lowest BCUT2D eigenvalue weighted by atomic mass is 10.3. The zero-order valence-electron chi connectivity index (χ0n) is 15.2. The lowest BCUT2D eigenvalue weighted by Crippen LogP contribution is -2.20. The number of carbonyl (C=O) groups excluding carboxylic acids is 1. The Morgan fingerprint density at radius 2 is 2.11 bits per heavy atom. The van der Waals surface area contributed by atoms with Gasteiger partial charge >= 0.3 is 0 Å². The normalized spacial score (nSPS) is 12.8.